The highest BCUT2D eigenvalue weighted by Gasteiger charge is 2.35. The van der Waals surface area contributed by atoms with Crippen LogP contribution in [0.2, 0.25) is 0 Å². The summed E-state index contributed by atoms with van der Waals surface area (Å²) in [5.41, 5.74) is 3.53. The molecule has 4 rings (SSSR count). The number of pyridine rings is 1. The standard InChI is InChI=1S/C21H22N2O4/c1-13(21(25)26)12-23(18-3-4-18)20(24)17-9-16(10-22-11-17)14-2-5-19-15(8-14)6-7-27-19/h2,5,8-11,13,18H,3-4,6-7,12H2,1H3,(H,25,26). The summed E-state index contributed by atoms with van der Waals surface area (Å²) < 4.78 is 5.55. The molecule has 1 atom stereocenters. The lowest BCUT2D eigenvalue weighted by Crippen LogP contribution is -2.38. The van der Waals surface area contributed by atoms with E-state index in [0.717, 1.165) is 36.1 Å². The van der Waals surface area contributed by atoms with Crippen LogP contribution in [-0.4, -0.2) is 46.1 Å². The van der Waals surface area contributed by atoms with Crippen molar-refractivity contribution in [2.24, 2.45) is 5.92 Å². The predicted octanol–water partition coefficient (Wildman–Crippen LogP) is 3.01. The molecule has 0 saturated heterocycles. The second-order valence-corrected chi connectivity index (χ2v) is 7.31. The van der Waals surface area contributed by atoms with Gasteiger partial charge in [-0.3, -0.25) is 14.6 Å². The first kappa shape index (κ1) is 17.5. The van der Waals surface area contributed by atoms with Crippen LogP contribution < -0.4 is 4.74 Å². The van der Waals surface area contributed by atoms with Crippen LogP contribution in [-0.2, 0) is 11.2 Å². The van der Waals surface area contributed by atoms with Gasteiger partial charge in [0.25, 0.3) is 5.91 Å². The molecule has 1 unspecified atom stereocenters. The molecule has 140 valence electrons. The number of aromatic nitrogens is 1. The third-order valence-electron chi connectivity index (χ3n) is 5.15. The molecule has 1 aliphatic carbocycles. The van der Waals surface area contributed by atoms with Crippen molar-refractivity contribution >= 4 is 11.9 Å². The van der Waals surface area contributed by atoms with E-state index in [1.54, 1.807) is 24.2 Å². The summed E-state index contributed by atoms with van der Waals surface area (Å²) >= 11 is 0. The molecule has 1 N–H and O–H groups in total. The van der Waals surface area contributed by atoms with Crippen LogP contribution in [0.25, 0.3) is 11.1 Å². The normalized spacial score (nSPS) is 16.3. The molecular weight excluding hydrogens is 344 g/mol. The van der Waals surface area contributed by atoms with Gasteiger partial charge in [0.15, 0.2) is 0 Å². The Hall–Kier alpha value is -2.89. The minimum absolute atomic E-state index is 0.139. The number of aliphatic carboxylic acids is 1. The zero-order chi connectivity index (χ0) is 19.0. The van der Waals surface area contributed by atoms with Crippen LogP contribution in [0.4, 0.5) is 0 Å². The van der Waals surface area contributed by atoms with Gasteiger partial charge in [0.2, 0.25) is 0 Å². The summed E-state index contributed by atoms with van der Waals surface area (Å²) in [4.78, 5) is 30.2. The van der Waals surface area contributed by atoms with E-state index in [1.807, 2.05) is 18.2 Å². The fourth-order valence-corrected chi connectivity index (χ4v) is 3.40. The monoisotopic (exact) mass is 366 g/mol. The Morgan fingerprint density at radius 3 is 2.81 bits per heavy atom. The Bertz CT molecular complexity index is 892. The van der Waals surface area contributed by atoms with Gasteiger partial charge < -0.3 is 14.7 Å². The average molecular weight is 366 g/mol. The van der Waals surface area contributed by atoms with Crippen molar-refractivity contribution in [3.05, 3.63) is 47.8 Å². The Kier molecular flexibility index (Phi) is 4.56. The van der Waals surface area contributed by atoms with Crippen LogP contribution in [0.1, 0.15) is 35.7 Å². The molecule has 1 aliphatic heterocycles. The maximum absolute atomic E-state index is 13.0. The van der Waals surface area contributed by atoms with E-state index in [4.69, 9.17) is 4.74 Å². The number of carbonyl (C=O) groups is 2. The number of hydrogen-bond acceptors (Lipinski definition) is 4. The van der Waals surface area contributed by atoms with Crippen molar-refractivity contribution in [2.45, 2.75) is 32.2 Å². The SMILES string of the molecule is CC(CN(C(=O)c1cncc(-c2ccc3c(c2)CCO3)c1)C1CC1)C(=O)O. The lowest BCUT2D eigenvalue weighted by Gasteiger charge is -2.24. The minimum atomic E-state index is -0.888. The molecule has 1 saturated carbocycles. The predicted molar refractivity (Wildman–Crippen MR) is 99.7 cm³/mol. The van der Waals surface area contributed by atoms with E-state index in [9.17, 15) is 14.7 Å². The smallest absolute Gasteiger partial charge is 0.308 e. The fraction of sp³-hybridized carbons (Fsp3) is 0.381. The second-order valence-electron chi connectivity index (χ2n) is 7.31. The van der Waals surface area contributed by atoms with E-state index in [1.165, 1.54) is 5.56 Å². The fourth-order valence-electron chi connectivity index (χ4n) is 3.40. The Balaban J connectivity index is 1.59. The first-order chi connectivity index (χ1) is 13.0. The highest BCUT2D eigenvalue weighted by atomic mass is 16.5. The maximum atomic E-state index is 13.0. The lowest BCUT2D eigenvalue weighted by molar-refractivity contribution is -0.141. The molecule has 6 nitrogen and oxygen atoms in total. The van der Waals surface area contributed by atoms with Crippen molar-refractivity contribution in [1.29, 1.82) is 0 Å². The number of hydrogen-bond donors (Lipinski definition) is 1. The van der Waals surface area contributed by atoms with Gasteiger partial charge in [-0.25, -0.2) is 0 Å². The summed E-state index contributed by atoms with van der Waals surface area (Å²) in [7, 11) is 0. The second kappa shape index (κ2) is 7.02. The molecule has 27 heavy (non-hydrogen) atoms. The molecule has 2 heterocycles. The first-order valence-corrected chi connectivity index (χ1v) is 9.28. The van der Waals surface area contributed by atoms with Crippen molar-refractivity contribution in [3.8, 4) is 16.9 Å². The molecule has 1 amide bonds. The molecule has 2 aromatic rings. The molecule has 2 aliphatic rings. The van der Waals surface area contributed by atoms with E-state index in [-0.39, 0.29) is 18.5 Å². The van der Waals surface area contributed by atoms with Gasteiger partial charge in [0, 0.05) is 37.0 Å². The first-order valence-electron chi connectivity index (χ1n) is 9.28. The Morgan fingerprint density at radius 1 is 1.26 bits per heavy atom. The molecule has 0 spiro atoms. The van der Waals surface area contributed by atoms with Gasteiger partial charge in [0.1, 0.15) is 5.75 Å². The molecule has 1 aromatic heterocycles. The lowest BCUT2D eigenvalue weighted by atomic mass is 10.0. The molecular formula is C21H22N2O4. The zero-order valence-corrected chi connectivity index (χ0v) is 15.2. The number of amides is 1. The Labute approximate surface area is 157 Å². The van der Waals surface area contributed by atoms with E-state index in [0.29, 0.717) is 12.2 Å². The zero-order valence-electron chi connectivity index (χ0n) is 15.2. The average Bonchev–Trinajstić information content (AvgIpc) is 3.41. The third kappa shape index (κ3) is 3.65. The number of carbonyl (C=O) groups excluding carboxylic acids is 1. The van der Waals surface area contributed by atoms with Crippen molar-refractivity contribution in [1.82, 2.24) is 9.88 Å². The number of fused-ring (bicyclic) bond motifs is 1. The van der Waals surface area contributed by atoms with E-state index >= 15 is 0 Å². The number of ether oxygens (including phenoxy) is 1. The number of rotatable bonds is 6. The highest BCUT2D eigenvalue weighted by Crippen LogP contribution is 2.32. The van der Waals surface area contributed by atoms with Crippen LogP contribution in [0.15, 0.2) is 36.7 Å². The minimum Gasteiger partial charge on any atom is -0.493 e. The third-order valence-corrected chi connectivity index (χ3v) is 5.15. The summed E-state index contributed by atoms with van der Waals surface area (Å²) in [6.45, 7) is 2.55. The number of benzene rings is 1. The summed E-state index contributed by atoms with van der Waals surface area (Å²) in [6, 6.07) is 7.99. The van der Waals surface area contributed by atoms with Gasteiger partial charge in [-0.05, 0) is 42.2 Å². The number of carboxylic acid groups (broad SMARTS) is 1. The highest BCUT2D eigenvalue weighted by molar-refractivity contribution is 5.95. The van der Waals surface area contributed by atoms with Gasteiger partial charge >= 0.3 is 5.97 Å². The number of nitrogens with zero attached hydrogens (tertiary/aromatic N) is 2. The van der Waals surface area contributed by atoms with Gasteiger partial charge in [0.05, 0.1) is 18.1 Å². The van der Waals surface area contributed by atoms with E-state index in [2.05, 4.69) is 11.1 Å². The van der Waals surface area contributed by atoms with E-state index < -0.39 is 11.9 Å². The van der Waals surface area contributed by atoms with Gasteiger partial charge in [-0.15, -0.1) is 0 Å². The maximum Gasteiger partial charge on any atom is 0.308 e. The Morgan fingerprint density at radius 2 is 2.07 bits per heavy atom. The van der Waals surface area contributed by atoms with Crippen LogP contribution in [0.5, 0.6) is 5.75 Å². The van der Waals surface area contributed by atoms with Crippen LogP contribution >= 0.6 is 0 Å². The molecule has 0 radical (unpaired) electrons. The van der Waals surface area contributed by atoms with Crippen LogP contribution in [0.3, 0.4) is 0 Å². The molecule has 0 bridgehead atoms. The van der Waals surface area contributed by atoms with Crippen molar-refractivity contribution in [2.75, 3.05) is 13.2 Å². The molecule has 6 heteroatoms. The van der Waals surface area contributed by atoms with Crippen LogP contribution in [0, 0.1) is 5.92 Å². The van der Waals surface area contributed by atoms with Gasteiger partial charge in [-0.1, -0.05) is 13.0 Å². The largest absolute Gasteiger partial charge is 0.493 e. The topological polar surface area (TPSA) is 79.7 Å². The summed E-state index contributed by atoms with van der Waals surface area (Å²) in [5.74, 6) is -0.714. The summed E-state index contributed by atoms with van der Waals surface area (Å²) in [6.07, 6.45) is 6.04. The summed E-state index contributed by atoms with van der Waals surface area (Å²) in [5, 5.41) is 9.19. The molecule has 1 aromatic carbocycles. The number of carboxylic acids is 1. The quantitative estimate of drug-likeness (QED) is 0.850. The molecule has 1 fully saturated rings. The van der Waals surface area contributed by atoms with Crippen molar-refractivity contribution in [3.63, 3.8) is 0 Å². The van der Waals surface area contributed by atoms with Gasteiger partial charge in [-0.2, -0.15) is 0 Å². The van der Waals surface area contributed by atoms with Crippen molar-refractivity contribution < 1.29 is 19.4 Å².